The van der Waals surface area contributed by atoms with E-state index >= 15 is 0 Å². The molecule has 1 N–H and O–H groups in total. The number of carbonyl (C=O) groups excluding carboxylic acids is 1. The smallest absolute Gasteiger partial charge is 0.244 e. The average Bonchev–Trinajstić information content (AvgIpc) is 2.65. The van der Waals surface area contributed by atoms with E-state index in [1.54, 1.807) is 19.1 Å². The van der Waals surface area contributed by atoms with Crippen LogP contribution in [0.25, 0.3) is 0 Å². The number of nitrogens with zero attached hydrogens (tertiary/aromatic N) is 1. The maximum Gasteiger partial charge on any atom is 0.244 e. The molecular formula is C23H32N2O4S. The number of hydrogen-bond donors (Lipinski definition) is 1. The Balaban J connectivity index is 2.09. The third kappa shape index (κ3) is 5.98. The fraction of sp³-hybridized carbons (Fsp3) is 0.435. The summed E-state index contributed by atoms with van der Waals surface area (Å²) in [5.41, 5.74) is 4.72. The Morgan fingerprint density at radius 2 is 1.73 bits per heavy atom. The summed E-state index contributed by atoms with van der Waals surface area (Å²) in [5, 5.41) is 2.81. The summed E-state index contributed by atoms with van der Waals surface area (Å²) < 4.78 is 32.0. The molecule has 0 bridgehead atoms. The molecule has 1 unspecified atom stereocenters. The van der Waals surface area contributed by atoms with Crippen molar-refractivity contribution in [2.75, 3.05) is 23.7 Å². The summed E-state index contributed by atoms with van der Waals surface area (Å²) in [6, 6.07) is 10.5. The maximum atomic E-state index is 12.8. The van der Waals surface area contributed by atoms with E-state index in [-0.39, 0.29) is 12.5 Å². The summed E-state index contributed by atoms with van der Waals surface area (Å²) in [6.07, 6.45) is 1.48. The Morgan fingerprint density at radius 1 is 1.03 bits per heavy atom. The highest BCUT2D eigenvalue weighted by molar-refractivity contribution is 7.92. The van der Waals surface area contributed by atoms with E-state index in [4.69, 9.17) is 4.74 Å². The minimum Gasteiger partial charge on any atom is -0.491 e. The van der Waals surface area contributed by atoms with Crippen LogP contribution in [0.3, 0.4) is 0 Å². The lowest BCUT2D eigenvalue weighted by Gasteiger charge is -2.30. The molecular weight excluding hydrogens is 400 g/mol. The van der Waals surface area contributed by atoms with Crippen LogP contribution < -0.4 is 14.4 Å². The number of anilines is 1. The Morgan fingerprint density at radius 3 is 2.30 bits per heavy atom. The molecule has 6 nitrogen and oxygen atoms in total. The maximum absolute atomic E-state index is 12.8. The van der Waals surface area contributed by atoms with E-state index in [1.807, 2.05) is 52.0 Å². The van der Waals surface area contributed by atoms with E-state index in [0.29, 0.717) is 18.7 Å². The van der Waals surface area contributed by atoms with E-state index < -0.39 is 16.1 Å². The molecule has 0 fully saturated rings. The van der Waals surface area contributed by atoms with Crippen molar-refractivity contribution < 1.29 is 17.9 Å². The number of rotatable bonds is 9. The van der Waals surface area contributed by atoms with Crippen molar-refractivity contribution in [1.29, 1.82) is 0 Å². The lowest BCUT2D eigenvalue weighted by Crippen LogP contribution is -2.50. The molecule has 1 atom stereocenters. The summed E-state index contributed by atoms with van der Waals surface area (Å²) in [7, 11) is -3.65. The van der Waals surface area contributed by atoms with Gasteiger partial charge < -0.3 is 10.1 Å². The van der Waals surface area contributed by atoms with Gasteiger partial charge in [-0.3, -0.25) is 9.10 Å². The zero-order valence-electron chi connectivity index (χ0n) is 18.7. The van der Waals surface area contributed by atoms with Crippen LogP contribution in [-0.2, 0) is 14.8 Å². The van der Waals surface area contributed by atoms with Gasteiger partial charge >= 0.3 is 0 Å². The van der Waals surface area contributed by atoms with Crippen molar-refractivity contribution in [2.45, 2.75) is 47.1 Å². The van der Waals surface area contributed by atoms with Gasteiger partial charge in [-0.05, 0) is 69.0 Å². The molecule has 0 heterocycles. The molecule has 0 radical (unpaired) electrons. The third-order valence-corrected chi connectivity index (χ3v) is 6.24. The predicted octanol–water partition coefficient (Wildman–Crippen LogP) is 3.66. The van der Waals surface area contributed by atoms with Crippen LogP contribution in [0, 0.1) is 27.7 Å². The second-order valence-corrected chi connectivity index (χ2v) is 9.52. The molecule has 30 heavy (non-hydrogen) atoms. The topological polar surface area (TPSA) is 75.7 Å². The van der Waals surface area contributed by atoms with Gasteiger partial charge in [-0.2, -0.15) is 0 Å². The molecule has 1 amide bonds. The van der Waals surface area contributed by atoms with Crippen LogP contribution in [0.2, 0.25) is 0 Å². The van der Waals surface area contributed by atoms with Crippen molar-refractivity contribution >= 4 is 21.6 Å². The molecule has 0 aliphatic heterocycles. The van der Waals surface area contributed by atoms with Crippen LogP contribution in [0.4, 0.5) is 5.69 Å². The van der Waals surface area contributed by atoms with Gasteiger partial charge in [0.25, 0.3) is 0 Å². The minimum atomic E-state index is -3.65. The van der Waals surface area contributed by atoms with Crippen molar-refractivity contribution in [1.82, 2.24) is 5.32 Å². The quantitative estimate of drug-likeness (QED) is 0.614. The summed E-state index contributed by atoms with van der Waals surface area (Å²) in [5.74, 6) is 0.431. The summed E-state index contributed by atoms with van der Waals surface area (Å²) in [4.78, 5) is 12.8. The highest BCUT2D eigenvalue weighted by atomic mass is 32.2. The van der Waals surface area contributed by atoms with Gasteiger partial charge in [0.15, 0.2) is 0 Å². The molecule has 164 valence electrons. The van der Waals surface area contributed by atoms with Crippen molar-refractivity contribution in [3.8, 4) is 5.75 Å². The Bertz CT molecular complexity index is 1000. The van der Waals surface area contributed by atoms with Gasteiger partial charge in [-0.25, -0.2) is 8.42 Å². The first-order chi connectivity index (χ1) is 14.0. The number of amides is 1. The van der Waals surface area contributed by atoms with Gasteiger partial charge in [0.05, 0.1) is 18.5 Å². The van der Waals surface area contributed by atoms with Gasteiger partial charge in [0.1, 0.15) is 18.4 Å². The van der Waals surface area contributed by atoms with Crippen LogP contribution >= 0.6 is 0 Å². The number of hydrogen-bond acceptors (Lipinski definition) is 4. The highest BCUT2D eigenvalue weighted by Crippen LogP contribution is 2.25. The standard InChI is InChI=1S/C23H32N2O4S/c1-7-21(25(30(6,27)28)20-10-9-17(3)18(4)15-20)23(26)24-12-13-29-22-11-8-16(2)14-19(22)5/h8-11,14-15,21H,7,12-13H2,1-6H3,(H,24,26). The van der Waals surface area contributed by atoms with E-state index in [0.717, 1.165) is 34.3 Å². The van der Waals surface area contributed by atoms with Gasteiger partial charge in [-0.15, -0.1) is 0 Å². The van der Waals surface area contributed by atoms with Gasteiger partial charge in [0.2, 0.25) is 15.9 Å². The molecule has 0 aliphatic carbocycles. The molecule has 0 aliphatic rings. The third-order valence-electron chi connectivity index (χ3n) is 5.06. The second kappa shape index (κ2) is 9.98. The molecule has 0 aromatic heterocycles. The lowest BCUT2D eigenvalue weighted by atomic mass is 10.1. The largest absolute Gasteiger partial charge is 0.491 e. The fourth-order valence-corrected chi connectivity index (χ4v) is 4.54. The predicted molar refractivity (Wildman–Crippen MR) is 122 cm³/mol. The van der Waals surface area contributed by atoms with Crippen molar-refractivity contribution in [2.24, 2.45) is 0 Å². The molecule has 0 spiro atoms. The van der Waals surface area contributed by atoms with Crippen LogP contribution in [-0.4, -0.2) is 39.8 Å². The fourth-order valence-electron chi connectivity index (χ4n) is 3.34. The molecule has 0 saturated heterocycles. The summed E-state index contributed by atoms with van der Waals surface area (Å²) in [6.45, 7) is 10.3. The SMILES string of the molecule is CCC(C(=O)NCCOc1ccc(C)cc1C)N(c1ccc(C)c(C)c1)S(C)(=O)=O. The number of sulfonamides is 1. The van der Waals surface area contributed by atoms with Crippen LogP contribution in [0.15, 0.2) is 36.4 Å². The first kappa shape index (κ1) is 23.7. The number of nitrogens with one attached hydrogen (secondary N) is 1. The molecule has 2 aromatic carbocycles. The Kier molecular flexibility index (Phi) is 7.89. The number of carbonyl (C=O) groups is 1. The van der Waals surface area contributed by atoms with Crippen LogP contribution in [0.5, 0.6) is 5.75 Å². The zero-order valence-corrected chi connectivity index (χ0v) is 19.5. The minimum absolute atomic E-state index is 0.285. The van der Waals surface area contributed by atoms with E-state index in [2.05, 4.69) is 5.32 Å². The Hall–Kier alpha value is -2.54. The number of benzene rings is 2. The van der Waals surface area contributed by atoms with E-state index in [9.17, 15) is 13.2 Å². The molecule has 0 saturated carbocycles. The van der Waals surface area contributed by atoms with E-state index in [1.165, 1.54) is 4.31 Å². The van der Waals surface area contributed by atoms with Crippen LogP contribution in [0.1, 0.15) is 35.6 Å². The average molecular weight is 433 g/mol. The summed E-state index contributed by atoms with van der Waals surface area (Å²) >= 11 is 0. The lowest BCUT2D eigenvalue weighted by molar-refractivity contribution is -0.122. The monoisotopic (exact) mass is 432 g/mol. The number of ether oxygens (including phenoxy) is 1. The molecule has 7 heteroatoms. The Labute approximate surface area is 180 Å². The van der Waals surface area contributed by atoms with Crippen molar-refractivity contribution in [3.05, 3.63) is 58.7 Å². The molecule has 2 aromatic rings. The zero-order chi connectivity index (χ0) is 22.5. The van der Waals surface area contributed by atoms with Gasteiger partial charge in [-0.1, -0.05) is 30.7 Å². The highest BCUT2D eigenvalue weighted by Gasteiger charge is 2.31. The normalized spacial score (nSPS) is 12.3. The number of aryl methyl sites for hydroxylation is 4. The van der Waals surface area contributed by atoms with Gasteiger partial charge in [0, 0.05) is 0 Å². The first-order valence-electron chi connectivity index (χ1n) is 10.1. The first-order valence-corrected chi connectivity index (χ1v) is 11.9. The second-order valence-electron chi connectivity index (χ2n) is 7.66. The van der Waals surface area contributed by atoms with Crippen molar-refractivity contribution in [3.63, 3.8) is 0 Å². The molecule has 2 rings (SSSR count).